The van der Waals surface area contributed by atoms with E-state index in [2.05, 4.69) is 15.3 Å². The highest BCUT2D eigenvalue weighted by molar-refractivity contribution is 6.03. The highest BCUT2D eigenvalue weighted by Gasteiger charge is 2.25. The molecule has 0 bridgehead atoms. The van der Waals surface area contributed by atoms with Gasteiger partial charge >= 0.3 is 0 Å². The van der Waals surface area contributed by atoms with E-state index in [0.717, 1.165) is 35.3 Å². The van der Waals surface area contributed by atoms with Gasteiger partial charge in [-0.1, -0.05) is 12.8 Å². The molecule has 0 saturated heterocycles. The predicted octanol–water partition coefficient (Wildman–Crippen LogP) is 4.77. The van der Waals surface area contributed by atoms with Crippen molar-refractivity contribution in [2.75, 3.05) is 7.11 Å². The molecule has 1 N–H and O–H groups in total. The van der Waals surface area contributed by atoms with E-state index in [1.165, 1.54) is 32.1 Å². The molecule has 7 nitrogen and oxygen atoms in total. The SMILES string of the molecule is COc1cc(-c2cc(F)cc(CNC(=O)c3nccc4nc(C5CCCC5)n(C)c34)c2)ccn1. The molecule has 1 aromatic carbocycles. The number of halogens is 1. The molecule has 1 saturated carbocycles. The number of carbonyl (C=O) groups is 1. The van der Waals surface area contributed by atoms with Gasteiger partial charge in [0.25, 0.3) is 5.91 Å². The number of carbonyl (C=O) groups excluding carboxylic acids is 1. The summed E-state index contributed by atoms with van der Waals surface area (Å²) in [7, 11) is 3.48. The molecule has 1 aliphatic rings. The highest BCUT2D eigenvalue weighted by atomic mass is 19.1. The van der Waals surface area contributed by atoms with E-state index in [9.17, 15) is 9.18 Å². The molecule has 1 fully saturated rings. The fourth-order valence-electron chi connectivity index (χ4n) is 4.78. The topological polar surface area (TPSA) is 81.9 Å². The number of imidazole rings is 1. The molecule has 0 spiro atoms. The molecule has 0 atom stereocenters. The minimum Gasteiger partial charge on any atom is -0.481 e. The Morgan fingerprint density at radius 3 is 2.71 bits per heavy atom. The Balaban J connectivity index is 1.39. The van der Waals surface area contributed by atoms with Gasteiger partial charge in [0.05, 0.1) is 18.1 Å². The summed E-state index contributed by atoms with van der Waals surface area (Å²) < 4.78 is 21.5. The van der Waals surface area contributed by atoms with Gasteiger partial charge in [0, 0.05) is 38.0 Å². The Hall–Kier alpha value is -3.81. The zero-order valence-corrected chi connectivity index (χ0v) is 19.2. The number of amides is 1. The Morgan fingerprint density at radius 1 is 1.12 bits per heavy atom. The summed E-state index contributed by atoms with van der Waals surface area (Å²) in [5, 5.41) is 2.90. The zero-order valence-electron chi connectivity index (χ0n) is 19.2. The molecule has 1 aliphatic carbocycles. The number of ether oxygens (including phenoxy) is 1. The number of aromatic nitrogens is 4. The van der Waals surface area contributed by atoms with Crippen molar-refractivity contribution in [3.05, 3.63) is 71.7 Å². The van der Waals surface area contributed by atoms with Crippen LogP contribution >= 0.6 is 0 Å². The average Bonchev–Trinajstić information content (AvgIpc) is 3.50. The molecule has 1 amide bonds. The Kier molecular flexibility index (Phi) is 5.96. The maximum absolute atomic E-state index is 14.4. The van der Waals surface area contributed by atoms with Crippen LogP contribution in [0.15, 0.2) is 48.8 Å². The van der Waals surface area contributed by atoms with Gasteiger partial charge in [0.1, 0.15) is 11.6 Å². The molecule has 5 rings (SSSR count). The molecule has 0 aliphatic heterocycles. The van der Waals surface area contributed by atoms with Gasteiger partial charge in [-0.2, -0.15) is 0 Å². The number of aryl methyl sites for hydroxylation is 1. The van der Waals surface area contributed by atoms with Crippen LogP contribution in [0.3, 0.4) is 0 Å². The van der Waals surface area contributed by atoms with E-state index in [1.54, 1.807) is 24.5 Å². The number of pyridine rings is 2. The molecule has 0 radical (unpaired) electrons. The third-order valence-corrected chi connectivity index (χ3v) is 6.44. The number of hydrogen-bond donors (Lipinski definition) is 1. The lowest BCUT2D eigenvalue weighted by Crippen LogP contribution is -2.24. The smallest absolute Gasteiger partial charge is 0.272 e. The number of nitrogens with one attached hydrogen (secondary N) is 1. The Labute approximate surface area is 197 Å². The lowest BCUT2D eigenvalue weighted by molar-refractivity contribution is 0.0947. The number of benzene rings is 1. The van der Waals surface area contributed by atoms with Gasteiger partial charge in [-0.25, -0.2) is 19.3 Å². The first-order valence-electron chi connectivity index (χ1n) is 11.4. The van der Waals surface area contributed by atoms with Crippen LogP contribution in [0.5, 0.6) is 5.88 Å². The summed E-state index contributed by atoms with van der Waals surface area (Å²) in [5.41, 5.74) is 3.92. The second-order valence-corrected chi connectivity index (χ2v) is 8.66. The quantitative estimate of drug-likeness (QED) is 0.449. The number of rotatable bonds is 6. The number of nitrogens with zero attached hydrogens (tertiary/aromatic N) is 4. The van der Waals surface area contributed by atoms with Gasteiger partial charge < -0.3 is 14.6 Å². The van der Waals surface area contributed by atoms with E-state index in [4.69, 9.17) is 9.72 Å². The minimum atomic E-state index is -0.384. The fraction of sp³-hybridized carbons (Fsp3) is 0.308. The third kappa shape index (κ3) is 4.23. The molecule has 4 aromatic rings. The van der Waals surface area contributed by atoms with Crippen LogP contribution in [0.2, 0.25) is 0 Å². The first kappa shape index (κ1) is 22.0. The predicted molar refractivity (Wildman–Crippen MR) is 127 cm³/mol. The van der Waals surface area contributed by atoms with E-state index in [1.807, 2.05) is 23.7 Å². The van der Waals surface area contributed by atoms with Gasteiger partial charge in [0.2, 0.25) is 5.88 Å². The maximum atomic E-state index is 14.4. The summed E-state index contributed by atoms with van der Waals surface area (Å²) >= 11 is 0. The van der Waals surface area contributed by atoms with Gasteiger partial charge in [-0.3, -0.25) is 4.79 Å². The largest absolute Gasteiger partial charge is 0.481 e. The van der Waals surface area contributed by atoms with Crippen molar-refractivity contribution in [3.63, 3.8) is 0 Å². The molecule has 8 heteroatoms. The van der Waals surface area contributed by atoms with Crippen molar-refractivity contribution in [3.8, 4) is 17.0 Å². The third-order valence-electron chi connectivity index (χ3n) is 6.44. The molecule has 3 aromatic heterocycles. The first-order valence-corrected chi connectivity index (χ1v) is 11.4. The van der Waals surface area contributed by atoms with Crippen LogP contribution in [0.1, 0.15) is 53.5 Å². The molecule has 174 valence electrons. The van der Waals surface area contributed by atoms with Crippen LogP contribution in [-0.4, -0.2) is 32.5 Å². The van der Waals surface area contributed by atoms with E-state index in [0.29, 0.717) is 28.6 Å². The van der Waals surface area contributed by atoms with Crippen LogP contribution < -0.4 is 10.1 Å². The van der Waals surface area contributed by atoms with Crippen molar-refractivity contribution >= 4 is 16.9 Å². The molecular formula is C26H26FN5O2. The van der Waals surface area contributed by atoms with Crippen molar-refractivity contribution in [1.82, 2.24) is 24.8 Å². The fourth-order valence-corrected chi connectivity index (χ4v) is 4.78. The summed E-state index contributed by atoms with van der Waals surface area (Å²) in [6.45, 7) is 0.164. The van der Waals surface area contributed by atoms with Crippen LogP contribution in [0, 0.1) is 5.82 Å². The molecule has 3 heterocycles. The van der Waals surface area contributed by atoms with Crippen molar-refractivity contribution in [2.45, 2.75) is 38.1 Å². The Bertz CT molecular complexity index is 1360. The van der Waals surface area contributed by atoms with Crippen molar-refractivity contribution in [1.29, 1.82) is 0 Å². The van der Waals surface area contributed by atoms with Crippen LogP contribution in [0.25, 0.3) is 22.2 Å². The highest BCUT2D eigenvalue weighted by Crippen LogP contribution is 2.35. The summed E-state index contributed by atoms with van der Waals surface area (Å²) in [6, 6.07) is 10.1. The number of fused-ring (bicyclic) bond motifs is 1. The van der Waals surface area contributed by atoms with Gasteiger partial charge in [-0.15, -0.1) is 0 Å². The normalized spacial score (nSPS) is 14.0. The molecular weight excluding hydrogens is 433 g/mol. The summed E-state index contributed by atoms with van der Waals surface area (Å²) in [6.07, 6.45) is 7.89. The van der Waals surface area contributed by atoms with Gasteiger partial charge in [0.15, 0.2) is 5.69 Å². The summed E-state index contributed by atoms with van der Waals surface area (Å²) in [4.78, 5) is 26.4. The standard InChI is InChI=1S/C26H26FN5O2/c1-32-24-21(31-25(32)17-5-3-4-6-17)8-10-29-23(24)26(33)30-15-16-11-19(13-20(27)12-16)18-7-9-28-22(14-18)34-2/h7-14,17H,3-6,15H2,1-2H3,(H,30,33). The van der Waals surface area contributed by atoms with Crippen molar-refractivity contribution in [2.24, 2.45) is 7.05 Å². The minimum absolute atomic E-state index is 0.164. The summed E-state index contributed by atoms with van der Waals surface area (Å²) in [5.74, 6) is 1.18. The van der Waals surface area contributed by atoms with Crippen LogP contribution in [-0.2, 0) is 13.6 Å². The average molecular weight is 460 g/mol. The molecule has 34 heavy (non-hydrogen) atoms. The van der Waals surface area contributed by atoms with Crippen LogP contribution in [0.4, 0.5) is 4.39 Å². The number of methoxy groups -OCH3 is 1. The lowest BCUT2D eigenvalue weighted by atomic mass is 10.0. The van der Waals surface area contributed by atoms with E-state index >= 15 is 0 Å². The molecule has 0 unspecified atom stereocenters. The second kappa shape index (κ2) is 9.21. The zero-order chi connectivity index (χ0) is 23.7. The maximum Gasteiger partial charge on any atom is 0.272 e. The van der Waals surface area contributed by atoms with Gasteiger partial charge in [-0.05, 0) is 59.9 Å². The number of hydrogen-bond acceptors (Lipinski definition) is 5. The van der Waals surface area contributed by atoms with E-state index < -0.39 is 0 Å². The monoisotopic (exact) mass is 459 g/mol. The first-order chi connectivity index (χ1) is 16.5. The van der Waals surface area contributed by atoms with E-state index in [-0.39, 0.29) is 18.3 Å². The van der Waals surface area contributed by atoms with Crippen molar-refractivity contribution < 1.29 is 13.9 Å². The Morgan fingerprint density at radius 2 is 1.91 bits per heavy atom. The second-order valence-electron chi connectivity index (χ2n) is 8.66. The lowest BCUT2D eigenvalue weighted by Gasteiger charge is -2.11.